The average molecular weight is 106 g/mol. The minimum absolute atomic E-state index is 0.0327. The fourth-order valence-corrected chi connectivity index (χ4v) is 0.344. The van der Waals surface area contributed by atoms with E-state index in [9.17, 15) is 4.39 Å². The van der Waals surface area contributed by atoms with Gasteiger partial charge in [-0.2, -0.15) is 0 Å². The molecule has 0 aliphatic heterocycles. The molecule has 0 spiro atoms. The van der Waals surface area contributed by atoms with Crippen LogP contribution in [0.2, 0.25) is 0 Å². The molecule has 0 saturated heterocycles. The maximum absolute atomic E-state index is 12.0. The number of halogens is 1. The molecule has 2 heteroatoms. The van der Waals surface area contributed by atoms with Gasteiger partial charge in [0, 0.05) is 13.0 Å². The highest BCUT2D eigenvalue weighted by atomic mass is 19.1. The monoisotopic (exact) mass is 106 g/mol. The van der Waals surface area contributed by atoms with E-state index in [1.807, 2.05) is 0 Å². The van der Waals surface area contributed by atoms with Crippen LogP contribution in [0.3, 0.4) is 0 Å². The number of hydrogen-bond acceptors (Lipinski definition) is 1. The number of aliphatic hydroxyl groups is 1. The lowest BCUT2D eigenvalue weighted by molar-refractivity contribution is 0.216. The largest absolute Gasteiger partial charge is 0.396 e. The van der Waals surface area contributed by atoms with E-state index in [0.29, 0.717) is 6.42 Å². The Morgan fingerprint density at radius 1 is 1.71 bits per heavy atom. The van der Waals surface area contributed by atoms with Crippen molar-refractivity contribution in [3.8, 4) is 0 Å². The first-order valence-corrected chi connectivity index (χ1v) is 2.56. The maximum atomic E-state index is 12.0. The van der Waals surface area contributed by atoms with Crippen molar-refractivity contribution >= 4 is 0 Å². The Hall–Kier alpha value is -0.110. The lowest BCUT2D eigenvalue weighted by Gasteiger charge is -1.97. The summed E-state index contributed by atoms with van der Waals surface area (Å²) in [7, 11) is 0. The van der Waals surface area contributed by atoms with Crippen LogP contribution in [0, 0.1) is 0 Å². The Balaban J connectivity index is 2.83. The number of rotatable bonds is 3. The molecule has 0 aromatic carbocycles. The molecule has 0 heterocycles. The summed E-state index contributed by atoms with van der Waals surface area (Å²) in [5.74, 6) is 0. The second-order valence-corrected chi connectivity index (χ2v) is 1.52. The topological polar surface area (TPSA) is 20.2 Å². The molecule has 0 fully saturated rings. The summed E-state index contributed by atoms with van der Waals surface area (Å²) < 4.78 is 12.0. The van der Waals surface area contributed by atoms with Gasteiger partial charge in [0.15, 0.2) is 0 Å². The van der Waals surface area contributed by atoms with Crippen molar-refractivity contribution < 1.29 is 9.50 Å². The standard InChI is InChI=1S/C5H11FO/c1-2-5(6)3-4-7/h5,7H,2-4H2,1H3/t5-/m0/s1. The molecule has 1 N–H and O–H groups in total. The van der Waals surface area contributed by atoms with Gasteiger partial charge in [0.1, 0.15) is 6.17 Å². The molecule has 0 rings (SSSR count). The van der Waals surface area contributed by atoms with Crippen molar-refractivity contribution in [1.82, 2.24) is 0 Å². The summed E-state index contributed by atoms with van der Waals surface area (Å²) >= 11 is 0. The van der Waals surface area contributed by atoms with E-state index < -0.39 is 6.17 Å². The molecule has 0 aromatic rings. The molecule has 0 aliphatic rings. The van der Waals surface area contributed by atoms with Crippen LogP contribution in [0.15, 0.2) is 0 Å². The van der Waals surface area contributed by atoms with Crippen LogP contribution in [-0.4, -0.2) is 17.9 Å². The molecule has 1 atom stereocenters. The van der Waals surface area contributed by atoms with Gasteiger partial charge in [0.25, 0.3) is 0 Å². The average Bonchev–Trinajstić information content (AvgIpc) is 1.68. The molecule has 0 unspecified atom stereocenters. The fraction of sp³-hybridized carbons (Fsp3) is 1.00. The Bertz CT molecular complexity index is 39.1. The van der Waals surface area contributed by atoms with Gasteiger partial charge < -0.3 is 5.11 Å². The third-order valence-corrected chi connectivity index (χ3v) is 0.885. The predicted octanol–water partition coefficient (Wildman–Crippen LogP) is 1.12. The van der Waals surface area contributed by atoms with Crippen LogP contribution in [0.4, 0.5) is 4.39 Å². The summed E-state index contributed by atoms with van der Waals surface area (Å²) in [4.78, 5) is 0. The van der Waals surface area contributed by atoms with Gasteiger partial charge in [-0.25, -0.2) is 4.39 Å². The third-order valence-electron chi connectivity index (χ3n) is 0.885. The Labute approximate surface area is 43.2 Å². The van der Waals surface area contributed by atoms with E-state index in [-0.39, 0.29) is 13.0 Å². The van der Waals surface area contributed by atoms with Crippen molar-refractivity contribution in [2.24, 2.45) is 0 Å². The Morgan fingerprint density at radius 3 is 2.43 bits per heavy atom. The normalized spacial score (nSPS) is 14.1. The SMILES string of the molecule is CC[C@H](F)CCO. The molecule has 7 heavy (non-hydrogen) atoms. The molecular formula is C5H11FO. The highest BCUT2D eigenvalue weighted by molar-refractivity contribution is 4.48. The first-order chi connectivity index (χ1) is 3.31. The van der Waals surface area contributed by atoms with Gasteiger partial charge in [-0.15, -0.1) is 0 Å². The molecular weight excluding hydrogens is 95.1 g/mol. The van der Waals surface area contributed by atoms with Crippen molar-refractivity contribution in [1.29, 1.82) is 0 Å². The zero-order valence-corrected chi connectivity index (χ0v) is 4.52. The van der Waals surface area contributed by atoms with Gasteiger partial charge in [-0.1, -0.05) is 6.92 Å². The number of hydrogen-bond donors (Lipinski definition) is 1. The van der Waals surface area contributed by atoms with Gasteiger partial charge in [0.05, 0.1) is 0 Å². The molecule has 0 amide bonds. The summed E-state index contributed by atoms with van der Waals surface area (Å²) in [6, 6.07) is 0. The summed E-state index contributed by atoms with van der Waals surface area (Å²) in [5, 5.41) is 8.13. The Morgan fingerprint density at radius 2 is 2.29 bits per heavy atom. The zero-order valence-electron chi connectivity index (χ0n) is 4.52. The first kappa shape index (κ1) is 6.89. The van der Waals surface area contributed by atoms with Gasteiger partial charge in [-0.3, -0.25) is 0 Å². The molecule has 0 saturated carbocycles. The van der Waals surface area contributed by atoms with Crippen molar-refractivity contribution in [2.75, 3.05) is 6.61 Å². The fourth-order valence-electron chi connectivity index (χ4n) is 0.344. The van der Waals surface area contributed by atoms with E-state index in [1.54, 1.807) is 6.92 Å². The lowest BCUT2D eigenvalue weighted by Crippen LogP contribution is -1.99. The number of aliphatic hydroxyl groups excluding tert-OH is 1. The third kappa shape index (κ3) is 3.73. The molecule has 0 bridgehead atoms. The lowest BCUT2D eigenvalue weighted by atomic mass is 10.2. The van der Waals surface area contributed by atoms with E-state index in [4.69, 9.17) is 5.11 Å². The van der Waals surface area contributed by atoms with Gasteiger partial charge in [-0.05, 0) is 6.42 Å². The van der Waals surface area contributed by atoms with Crippen LogP contribution < -0.4 is 0 Å². The molecule has 44 valence electrons. The second-order valence-electron chi connectivity index (χ2n) is 1.52. The van der Waals surface area contributed by atoms with Crippen molar-refractivity contribution in [3.05, 3.63) is 0 Å². The van der Waals surface area contributed by atoms with Crippen LogP contribution in [0.5, 0.6) is 0 Å². The molecule has 1 nitrogen and oxygen atoms in total. The van der Waals surface area contributed by atoms with Crippen molar-refractivity contribution in [2.45, 2.75) is 25.9 Å². The van der Waals surface area contributed by atoms with Gasteiger partial charge in [0.2, 0.25) is 0 Å². The maximum Gasteiger partial charge on any atom is 0.102 e. The predicted molar refractivity (Wildman–Crippen MR) is 26.9 cm³/mol. The van der Waals surface area contributed by atoms with E-state index in [0.717, 1.165) is 0 Å². The second kappa shape index (κ2) is 4.06. The van der Waals surface area contributed by atoms with Crippen molar-refractivity contribution in [3.63, 3.8) is 0 Å². The highest BCUT2D eigenvalue weighted by Crippen LogP contribution is 1.99. The smallest absolute Gasteiger partial charge is 0.102 e. The summed E-state index contributed by atoms with van der Waals surface area (Å²) in [6.07, 6.45) is 0.00171. The van der Waals surface area contributed by atoms with Crippen LogP contribution in [0.1, 0.15) is 19.8 Å². The molecule has 0 aliphatic carbocycles. The van der Waals surface area contributed by atoms with E-state index >= 15 is 0 Å². The van der Waals surface area contributed by atoms with Crippen LogP contribution in [-0.2, 0) is 0 Å². The minimum Gasteiger partial charge on any atom is -0.396 e. The minimum atomic E-state index is -0.801. The molecule has 0 radical (unpaired) electrons. The summed E-state index contributed by atoms with van der Waals surface area (Å²) in [6.45, 7) is 1.73. The van der Waals surface area contributed by atoms with Gasteiger partial charge >= 0.3 is 0 Å². The first-order valence-electron chi connectivity index (χ1n) is 2.56. The van der Waals surface area contributed by atoms with Crippen LogP contribution in [0.25, 0.3) is 0 Å². The van der Waals surface area contributed by atoms with Crippen LogP contribution >= 0.6 is 0 Å². The van der Waals surface area contributed by atoms with E-state index in [1.165, 1.54) is 0 Å². The number of alkyl halides is 1. The zero-order chi connectivity index (χ0) is 5.70. The van der Waals surface area contributed by atoms with E-state index in [2.05, 4.69) is 0 Å². The summed E-state index contributed by atoms with van der Waals surface area (Å²) in [5.41, 5.74) is 0. The Kier molecular flexibility index (Phi) is 4.00. The molecule has 0 aromatic heterocycles. The quantitative estimate of drug-likeness (QED) is 0.571. The highest BCUT2D eigenvalue weighted by Gasteiger charge is 1.98.